The van der Waals surface area contributed by atoms with Crippen molar-refractivity contribution in [3.05, 3.63) is 0 Å². The van der Waals surface area contributed by atoms with Crippen molar-refractivity contribution in [2.45, 2.75) is 49.6 Å². The van der Waals surface area contributed by atoms with E-state index in [1.165, 1.54) is 0 Å². The lowest BCUT2D eigenvalue weighted by atomic mass is 9.88. The lowest BCUT2D eigenvalue weighted by Crippen LogP contribution is -2.68. The van der Waals surface area contributed by atoms with Crippen LogP contribution in [-0.4, -0.2) is 80.3 Å². The first-order valence-corrected chi connectivity index (χ1v) is 6.16. The SMILES string of the molecule is CC(=O)N[C@H]1[C@H]([C@H](O)[C@H](O)CO)O[C@@](O)(C(=O)[O-])C[C@H]1O. The Morgan fingerprint density at radius 3 is 2.48 bits per heavy atom. The van der Waals surface area contributed by atoms with Crippen molar-refractivity contribution in [1.82, 2.24) is 5.32 Å². The lowest BCUT2D eigenvalue weighted by Gasteiger charge is -2.46. The summed E-state index contributed by atoms with van der Waals surface area (Å²) in [6, 6.07) is -1.29. The van der Waals surface area contributed by atoms with E-state index in [4.69, 9.17) is 9.84 Å². The molecule has 0 radical (unpaired) electrons. The van der Waals surface area contributed by atoms with Crippen LogP contribution in [0.15, 0.2) is 0 Å². The number of hydrogen-bond donors (Lipinski definition) is 6. The average Bonchev–Trinajstić information content (AvgIpc) is 2.39. The summed E-state index contributed by atoms with van der Waals surface area (Å²) in [6.45, 7) is 0.228. The quantitative estimate of drug-likeness (QED) is 0.289. The van der Waals surface area contributed by atoms with E-state index in [1.54, 1.807) is 0 Å². The number of ether oxygens (including phenoxy) is 1. The van der Waals surface area contributed by atoms with Crippen LogP contribution in [0, 0.1) is 0 Å². The number of carboxylic acid groups (broad SMARTS) is 1. The topological polar surface area (TPSA) is 180 Å². The van der Waals surface area contributed by atoms with E-state index in [1.807, 2.05) is 0 Å². The Labute approximate surface area is 119 Å². The van der Waals surface area contributed by atoms with Crippen LogP contribution in [-0.2, 0) is 14.3 Å². The van der Waals surface area contributed by atoms with Gasteiger partial charge in [0.05, 0.1) is 18.8 Å². The van der Waals surface area contributed by atoms with E-state index in [0.29, 0.717) is 0 Å². The largest absolute Gasteiger partial charge is 0.544 e. The number of carbonyl (C=O) groups is 2. The van der Waals surface area contributed by atoms with Gasteiger partial charge in [-0.3, -0.25) is 4.79 Å². The van der Waals surface area contributed by atoms with Gasteiger partial charge in [-0.25, -0.2) is 0 Å². The fraction of sp³-hybridized carbons (Fsp3) is 0.818. The van der Waals surface area contributed by atoms with Gasteiger partial charge in [-0.05, 0) is 0 Å². The molecule has 1 rings (SSSR count). The number of carboxylic acids is 1. The molecule has 0 aromatic rings. The van der Waals surface area contributed by atoms with Crippen LogP contribution >= 0.6 is 0 Å². The monoisotopic (exact) mass is 308 g/mol. The molecule has 1 saturated heterocycles. The number of aliphatic hydroxyl groups excluding tert-OH is 4. The Morgan fingerprint density at radius 1 is 1.48 bits per heavy atom. The summed E-state index contributed by atoms with van der Waals surface area (Å²) in [7, 11) is 0. The number of carbonyl (C=O) groups excluding carboxylic acids is 2. The number of rotatable bonds is 5. The van der Waals surface area contributed by atoms with Crippen LogP contribution < -0.4 is 10.4 Å². The zero-order valence-corrected chi connectivity index (χ0v) is 11.2. The standard InChI is InChI=1S/C11H19NO9/c1-4(14)12-7-5(15)2-11(20,10(18)19)21-9(7)8(17)6(16)3-13/h5-9,13,15-17,20H,2-3H2,1H3,(H,12,14)(H,18,19)/p-1/t5-,6-,7-,8-,9-,11-/m1/s1. The number of aliphatic carboxylic acids is 1. The third kappa shape index (κ3) is 3.87. The van der Waals surface area contributed by atoms with Crippen molar-refractivity contribution in [3.8, 4) is 0 Å². The van der Waals surface area contributed by atoms with Gasteiger partial charge in [0.25, 0.3) is 0 Å². The molecule has 0 unspecified atom stereocenters. The Balaban J connectivity index is 3.07. The molecule has 21 heavy (non-hydrogen) atoms. The zero-order chi connectivity index (χ0) is 16.4. The minimum Gasteiger partial charge on any atom is -0.544 e. The average molecular weight is 308 g/mol. The van der Waals surface area contributed by atoms with E-state index in [-0.39, 0.29) is 0 Å². The van der Waals surface area contributed by atoms with Gasteiger partial charge in [-0.1, -0.05) is 0 Å². The molecule has 6 atom stereocenters. The molecule has 0 aromatic carbocycles. The van der Waals surface area contributed by atoms with Crippen molar-refractivity contribution >= 4 is 11.9 Å². The fourth-order valence-electron chi connectivity index (χ4n) is 2.13. The fourth-order valence-corrected chi connectivity index (χ4v) is 2.13. The van der Waals surface area contributed by atoms with Crippen molar-refractivity contribution < 1.29 is 45.0 Å². The van der Waals surface area contributed by atoms with E-state index in [0.717, 1.165) is 6.92 Å². The number of hydrogen-bond acceptors (Lipinski definition) is 9. The van der Waals surface area contributed by atoms with Gasteiger partial charge in [0.15, 0.2) is 0 Å². The number of nitrogens with one attached hydrogen (secondary N) is 1. The van der Waals surface area contributed by atoms with Crippen LogP contribution in [0.4, 0.5) is 0 Å². The molecular weight excluding hydrogens is 290 g/mol. The first-order chi connectivity index (χ1) is 9.62. The Morgan fingerprint density at radius 2 is 2.05 bits per heavy atom. The van der Waals surface area contributed by atoms with Crippen LogP contribution in [0.5, 0.6) is 0 Å². The van der Waals surface area contributed by atoms with Crippen LogP contribution in [0.25, 0.3) is 0 Å². The molecule has 1 aliphatic heterocycles. The molecule has 1 aliphatic rings. The van der Waals surface area contributed by atoms with E-state index < -0.39 is 61.1 Å². The maximum Gasteiger partial charge on any atom is 0.217 e. The van der Waals surface area contributed by atoms with Crippen LogP contribution in [0.2, 0.25) is 0 Å². The second-order valence-corrected chi connectivity index (χ2v) is 4.89. The summed E-state index contributed by atoms with van der Waals surface area (Å²) in [5, 5.41) is 60.8. The first kappa shape index (κ1) is 17.8. The summed E-state index contributed by atoms with van der Waals surface area (Å²) in [5.41, 5.74) is 0. The molecule has 0 aromatic heterocycles. The molecule has 1 amide bonds. The summed E-state index contributed by atoms with van der Waals surface area (Å²) in [6.07, 6.45) is -7.67. The van der Waals surface area contributed by atoms with Gasteiger partial charge < -0.3 is 45.5 Å². The van der Waals surface area contributed by atoms with Gasteiger partial charge in [0, 0.05) is 13.3 Å². The third-order valence-corrected chi connectivity index (χ3v) is 3.19. The predicted molar refractivity (Wildman–Crippen MR) is 62.2 cm³/mol. The molecule has 122 valence electrons. The predicted octanol–water partition coefficient (Wildman–Crippen LogP) is -5.21. The summed E-state index contributed by atoms with van der Waals surface area (Å²) in [5.74, 6) is -5.55. The highest BCUT2D eigenvalue weighted by Gasteiger charge is 2.50. The molecule has 10 nitrogen and oxygen atoms in total. The third-order valence-electron chi connectivity index (χ3n) is 3.19. The van der Waals surface area contributed by atoms with E-state index in [9.17, 15) is 35.1 Å². The summed E-state index contributed by atoms with van der Waals surface area (Å²) in [4.78, 5) is 22.0. The second kappa shape index (κ2) is 6.64. The first-order valence-electron chi connectivity index (χ1n) is 6.16. The van der Waals surface area contributed by atoms with Gasteiger partial charge in [-0.2, -0.15) is 0 Å². The van der Waals surface area contributed by atoms with Crippen molar-refractivity contribution in [3.63, 3.8) is 0 Å². The molecule has 1 fully saturated rings. The zero-order valence-electron chi connectivity index (χ0n) is 11.2. The Bertz CT molecular complexity index is 403. The summed E-state index contributed by atoms with van der Waals surface area (Å²) >= 11 is 0. The molecule has 0 aliphatic carbocycles. The molecule has 6 N–H and O–H groups in total. The second-order valence-electron chi connectivity index (χ2n) is 4.89. The maximum atomic E-state index is 11.1. The van der Waals surface area contributed by atoms with Gasteiger partial charge >= 0.3 is 0 Å². The molecule has 10 heteroatoms. The van der Waals surface area contributed by atoms with Crippen molar-refractivity contribution in [2.24, 2.45) is 0 Å². The van der Waals surface area contributed by atoms with Crippen molar-refractivity contribution in [1.29, 1.82) is 0 Å². The molecule has 0 saturated carbocycles. The molecule has 0 bridgehead atoms. The number of amides is 1. The highest BCUT2D eigenvalue weighted by molar-refractivity contribution is 5.74. The van der Waals surface area contributed by atoms with Crippen LogP contribution in [0.3, 0.4) is 0 Å². The molecule has 0 spiro atoms. The minimum atomic E-state index is -2.89. The smallest absolute Gasteiger partial charge is 0.217 e. The van der Waals surface area contributed by atoms with Gasteiger partial charge in [-0.15, -0.1) is 0 Å². The van der Waals surface area contributed by atoms with Crippen LogP contribution in [0.1, 0.15) is 13.3 Å². The van der Waals surface area contributed by atoms with E-state index in [2.05, 4.69) is 5.32 Å². The Hall–Kier alpha value is -1.30. The lowest BCUT2D eigenvalue weighted by molar-refractivity contribution is -0.374. The molecule has 1 heterocycles. The number of aliphatic hydroxyl groups is 5. The van der Waals surface area contributed by atoms with Crippen molar-refractivity contribution in [2.75, 3.05) is 6.61 Å². The maximum absolute atomic E-state index is 11.1. The molecular formula is C11H18NO9-. The highest BCUT2D eigenvalue weighted by Crippen LogP contribution is 2.29. The minimum absolute atomic E-state index is 0.614. The van der Waals surface area contributed by atoms with Gasteiger partial charge in [0.2, 0.25) is 11.7 Å². The van der Waals surface area contributed by atoms with Gasteiger partial charge in [0.1, 0.15) is 24.3 Å². The normalized spacial score (nSPS) is 35.8. The summed E-state index contributed by atoms with van der Waals surface area (Å²) < 4.78 is 4.80. The Kier molecular flexibility index (Phi) is 5.61. The van der Waals surface area contributed by atoms with E-state index >= 15 is 0 Å². The highest BCUT2D eigenvalue weighted by atomic mass is 16.7.